The van der Waals surface area contributed by atoms with Gasteiger partial charge in [0.15, 0.2) is 5.71 Å². The van der Waals surface area contributed by atoms with E-state index in [1.165, 1.54) is 14.2 Å². The van der Waals surface area contributed by atoms with Gasteiger partial charge in [-0.1, -0.05) is 47.6 Å². The van der Waals surface area contributed by atoms with E-state index in [2.05, 4.69) is 37.0 Å². The molecule has 142 valence electrons. The first-order chi connectivity index (χ1) is 13.0. The van der Waals surface area contributed by atoms with Crippen molar-refractivity contribution in [3.8, 4) is 5.75 Å². The summed E-state index contributed by atoms with van der Waals surface area (Å²) in [6.07, 6.45) is 1.92. The van der Waals surface area contributed by atoms with Gasteiger partial charge in [-0.25, -0.2) is 4.79 Å². The normalized spacial score (nSPS) is 10.9. The lowest BCUT2D eigenvalue weighted by atomic mass is 10.0. The van der Waals surface area contributed by atoms with E-state index < -0.39 is 5.97 Å². The van der Waals surface area contributed by atoms with Crippen LogP contribution in [0.1, 0.15) is 22.3 Å². The Bertz CT molecular complexity index is 874. The Morgan fingerprint density at radius 2 is 1.85 bits per heavy atom. The monoisotopic (exact) mass is 495 g/mol. The van der Waals surface area contributed by atoms with Gasteiger partial charge in [0.25, 0.3) is 0 Å². The maximum Gasteiger partial charge on any atom is 0.360 e. The number of benzene rings is 2. The molecule has 0 saturated heterocycles. The molecule has 7 heteroatoms. The summed E-state index contributed by atoms with van der Waals surface area (Å²) in [6.45, 7) is 2.23. The minimum atomic E-state index is -0.577. The molecule has 0 saturated carbocycles. The van der Waals surface area contributed by atoms with Gasteiger partial charge in [0.1, 0.15) is 19.5 Å². The van der Waals surface area contributed by atoms with Crippen molar-refractivity contribution in [1.29, 1.82) is 0 Å². The molecular formula is C20H19Br2NO4. The average molecular weight is 497 g/mol. The van der Waals surface area contributed by atoms with Crippen molar-refractivity contribution in [3.63, 3.8) is 0 Å². The van der Waals surface area contributed by atoms with Crippen molar-refractivity contribution in [1.82, 2.24) is 0 Å². The number of carbonyl (C=O) groups is 1. The number of hydrogen-bond acceptors (Lipinski definition) is 5. The van der Waals surface area contributed by atoms with E-state index in [1.807, 2.05) is 49.4 Å². The summed E-state index contributed by atoms with van der Waals surface area (Å²) in [4.78, 5) is 16.9. The fourth-order valence-corrected chi connectivity index (χ4v) is 3.01. The average Bonchev–Trinajstić information content (AvgIpc) is 2.65. The predicted molar refractivity (Wildman–Crippen MR) is 113 cm³/mol. The van der Waals surface area contributed by atoms with E-state index in [9.17, 15) is 4.79 Å². The summed E-state index contributed by atoms with van der Waals surface area (Å²) >= 11 is 6.76. The van der Waals surface area contributed by atoms with Gasteiger partial charge in [0.2, 0.25) is 0 Å². The zero-order valence-electron chi connectivity index (χ0n) is 15.2. The molecule has 0 bridgehead atoms. The van der Waals surface area contributed by atoms with Gasteiger partial charge >= 0.3 is 5.97 Å². The Hall–Kier alpha value is -2.12. The number of ether oxygens (including phenoxy) is 2. The van der Waals surface area contributed by atoms with E-state index in [4.69, 9.17) is 14.3 Å². The van der Waals surface area contributed by atoms with Crippen LogP contribution in [-0.2, 0) is 21.0 Å². The first kappa shape index (κ1) is 21.2. The molecule has 0 aliphatic heterocycles. The second-order valence-corrected chi connectivity index (χ2v) is 8.26. The number of nitrogens with zero attached hydrogens (tertiary/aromatic N) is 1. The molecule has 2 aromatic rings. The molecule has 5 nitrogen and oxygen atoms in total. The van der Waals surface area contributed by atoms with E-state index in [1.54, 1.807) is 6.07 Å². The van der Waals surface area contributed by atoms with Crippen LogP contribution in [-0.4, -0.2) is 25.9 Å². The van der Waals surface area contributed by atoms with E-state index in [0.717, 1.165) is 25.8 Å². The van der Waals surface area contributed by atoms with Crippen LogP contribution in [0.2, 0.25) is 0 Å². The molecule has 2 aromatic carbocycles. The van der Waals surface area contributed by atoms with Crippen LogP contribution in [0.5, 0.6) is 5.75 Å². The number of oxime groups is 1. The Kier molecular flexibility index (Phi) is 8.06. The van der Waals surface area contributed by atoms with Crippen LogP contribution in [0, 0.1) is 6.92 Å². The van der Waals surface area contributed by atoms with Gasteiger partial charge in [-0.2, -0.15) is 0 Å². The molecule has 0 fully saturated rings. The second kappa shape index (κ2) is 10.3. The number of halogens is 2. The molecule has 0 unspecified atom stereocenters. The lowest BCUT2D eigenvalue weighted by molar-refractivity contribution is -0.132. The second-order valence-electron chi connectivity index (χ2n) is 5.49. The minimum absolute atomic E-state index is 0.0901. The lowest BCUT2D eigenvalue weighted by Gasteiger charge is -2.15. The molecule has 0 aliphatic carbocycles. The standard InChI is InChI=1S/C20H19Br2NO4/c1-13-7-6-9-14(11-17(21)22)19(13)27-12-15-8-4-5-10-16(15)18(23-26-3)20(24)25-2/h4-11H,12H2,1-3H3/b23-18+. The molecule has 0 heterocycles. The molecule has 0 spiro atoms. The van der Waals surface area contributed by atoms with Gasteiger partial charge in [-0.05, 0) is 56.0 Å². The fraction of sp³-hybridized carbons (Fsp3) is 0.200. The molecule has 0 radical (unpaired) electrons. The number of hydrogen-bond donors (Lipinski definition) is 0. The van der Waals surface area contributed by atoms with Gasteiger partial charge in [-0.3, -0.25) is 0 Å². The van der Waals surface area contributed by atoms with Crippen molar-refractivity contribution >= 4 is 49.6 Å². The van der Waals surface area contributed by atoms with Crippen LogP contribution in [0.4, 0.5) is 0 Å². The number of rotatable bonds is 7. The van der Waals surface area contributed by atoms with Crippen LogP contribution < -0.4 is 4.74 Å². The van der Waals surface area contributed by atoms with Crippen molar-refractivity contribution in [2.75, 3.05) is 14.2 Å². The lowest BCUT2D eigenvalue weighted by Crippen LogP contribution is -2.20. The predicted octanol–water partition coefficient (Wildman–Crippen LogP) is 5.19. The van der Waals surface area contributed by atoms with E-state index >= 15 is 0 Å². The number of aryl methyl sites for hydroxylation is 1. The highest BCUT2D eigenvalue weighted by Gasteiger charge is 2.19. The van der Waals surface area contributed by atoms with Crippen molar-refractivity contribution in [2.24, 2.45) is 5.16 Å². The zero-order chi connectivity index (χ0) is 19.8. The van der Waals surface area contributed by atoms with Gasteiger partial charge in [0.05, 0.1) is 10.5 Å². The molecule has 27 heavy (non-hydrogen) atoms. The molecule has 2 rings (SSSR count). The number of para-hydroxylation sites is 1. The molecule has 0 aromatic heterocycles. The molecular weight excluding hydrogens is 478 g/mol. The van der Waals surface area contributed by atoms with Crippen LogP contribution in [0.15, 0.2) is 51.0 Å². The third-order valence-electron chi connectivity index (χ3n) is 3.71. The quantitative estimate of drug-likeness (QED) is 0.301. The van der Waals surface area contributed by atoms with Crippen LogP contribution in [0.25, 0.3) is 6.08 Å². The van der Waals surface area contributed by atoms with Gasteiger partial charge in [0, 0.05) is 11.1 Å². The first-order valence-corrected chi connectivity index (χ1v) is 9.59. The Morgan fingerprint density at radius 3 is 2.52 bits per heavy atom. The molecule has 0 amide bonds. The third-order valence-corrected chi connectivity index (χ3v) is 4.17. The number of carbonyl (C=O) groups excluding carboxylic acids is 1. The van der Waals surface area contributed by atoms with Crippen LogP contribution in [0.3, 0.4) is 0 Å². The fourth-order valence-electron chi connectivity index (χ4n) is 2.52. The van der Waals surface area contributed by atoms with Crippen molar-refractivity contribution < 1.29 is 19.1 Å². The summed E-state index contributed by atoms with van der Waals surface area (Å²) in [7, 11) is 2.68. The maximum absolute atomic E-state index is 12.1. The summed E-state index contributed by atoms with van der Waals surface area (Å²) in [6, 6.07) is 13.2. The zero-order valence-corrected chi connectivity index (χ0v) is 18.3. The Labute approximate surface area is 175 Å². The van der Waals surface area contributed by atoms with E-state index in [0.29, 0.717) is 5.56 Å². The third kappa shape index (κ3) is 5.68. The Balaban J connectivity index is 2.37. The number of methoxy groups -OCH3 is 1. The first-order valence-electron chi connectivity index (χ1n) is 8.00. The largest absolute Gasteiger partial charge is 0.488 e. The highest BCUT2D eigenvalue weighted by molar-refractivity contribution is 9.28. The highest BCUT2D eigenvalue weighted by atomic mass is 79.9. The molecule has 0 N–H and O–H groups in total. The number of esters is 1. The van der Waals surface area contributed by atoms with Gasteiger partial charge in [-0.15, -0.1) is 0 Å². The summed E-state index contributed by atoms with van der Waals surface area (Å²) in [5, 5.41) is 3.82. The van der Waals surface area contributed by atoms with Crippen LogP contribution >= 0.6 is 31.9 Å². The maximum atomic E-state index is 12.1. The Morgan fingerprint density at radius 1 is 1.11 bits per heavy atom. The summed E-state index contributed by atoms with van der Waals surface area (Å²) in [5.41, 5.74) is 3.40. The smallest absolute Gasteiger partial charge is 0.360 e. The SMILES string of the molecule is CO/N=C(/C(=O)OC)c1ccccc1COc1c(C)cccc1C=C(Br)Br. The van der Waals surface area contributed by atoms with E-state index in [-0.39, 0.29) is 12.3 Å². The summed E-state index contributed by atoms with van der Waals surface area (Å²) < 4.78 is 11.7. The molecule has 0 aliphatic rings. The van der Waals surface area contributed by atoms with Gasteiger partial charge < -0.3 is 14.3 Å². The summed E-state index contributed by atoms with van der Waals surface area (Å²) in [5.74, 6) is 0.180. The minimum Gasteiger partial charge on any atom is -0.488 e. The molecule has 0 atom stereocenters. The van der Waals surface area contributed by atoms with Crippen molar-refractivity contribution in [2.45, 2.75) is 13.5 Å². The highest BCUT2D eigenvalue weighted by Crippen LogP contribution is 2.29. The topological polar surface area (TPSA) is 57.1 Å². The van der Waals surface area contributed by atoms with Crippen molar-refractivity contribution in [3.05, 3.63) is 68.1 Å².